The van der Waals surface area contributed by atoms with Crippen LogP contribution in [0.2, 0.25) is 0 Å². The topological polar surface area (TPSA) is 0 Å². The molecule has 0 aliphatic heterocycles. The van der Waals surface area contributed by atoms with Crippen LogP contribution in [0.5, 0.6) is 0 Å². The van der Waals surface area contributed by atoms with E-state index < -0.39 is 0 Å². The van der Waals surface area contributed by atoms with Crippen LogP contribution in [-0.2, 0) is 0 Å². The zero-order valence-corrected chi connectivity index (χ0v) is 10.6. The van der Waals surface area contributed by atoms with E-state index in [1.807, 2.05) is 34.6 Å². The van der Waals surface area contributed by atoms with Gasteiger partial charge in [-0.1, -0.05) is 61.0 Å². The van der Waals surface area contributed by atoms with Gasteiger partial charge in [0.15, 0.2) is 0 Å². The van der Waals surface area contributed by atoms with Crippen molar-refractivity contribution < 1.29 is 0 Å². The molecule has 12 heavy (non-hydrogen) atoms. The Balaban J connectivity index is -0.0000000397. The fourth-order valence-corrected chi connectivity index (χ4v) is 0. The summed E-state index contributed by atoms with van der Waals surface area (Å²) in [4.78, 5) is 0. The first-order chi connectivity index (χ1) is 5.68. The molecule has 0 fully saturated rings. The van der Waals surface area contributed by atoms with Gasteiger partial charge in [0.1, 0.15) is 0 Å². The predicted octanol–water partition coefficient (Wildman–Crippen LogP) is 5.30. The van der Waals surface area contributed by atoms with E-state index in [-0.39, 0.29) is 0 Å². The maximum atomic E-state index is 3.36. The van der Waals surface area contributed by atoms with Crippen molar-refractivity contribution in [3.8, 4) is 0 Å². The molecule has 0 bridgehead atoms. The molecule has 0 saturated heterocycles. The quantitative estimate of drug-likeness (QED) is 0.473. The molecular formula is C12H30. The largest absolute Gasteiger partial charge is 0.103 e. The molecule has 78 valence electrons. The lowest BCUT2D eigenvalue weighted by Crippen LogP contribution is -1.77. The molecule has 0 aromatic rings. The fourth-order valence-electron chi connectivity index (χ4n) is 0. The molecule has 0 aromatic carbocycles. The predicted molar refractivity (Wildman–Crippen MR) is 63.7 cm³/mol. The van der Waals surface area contributed by atoms with Crippen LogP contribution in [-0.4, -0.2) is 0 Å². The summed E-state index contributed by atoms with van der Waals surface area (Å²) >= 11 is 0. The normalized spacial score (nSPS) is 6.08. The second-order valence-corrected chi connectivity index (χ2v) is 2.21. The summed E-state index contributed by atoms with van der Waals surface area (Å²) in [6.45, 7) is 19.9. The third-order valence-electron chi connectivity index (χ3n) is 0.816. The zero-order chi connectivity index (χ0) is 11.0. The van der Waals surface area contributed by atoms with Crippen LogP contribution < -0.4 is 0 Å². The molecule has 0 heteroatoms. The highest BCUT2D eigenvalue weighted by atomic mass is 13.9. The van der Waals surface area contributed by atoms with Crippen LogP contribution >= 0.6 is 0 Å². The van der Waals surface area contributed by atoms with Gasteiger partial charge in [-0.2, -0.15) is 0 Å². The highest BCUT2D eigenvalue weighted by Gasteiger charge is 1.80. The first-order valence-electron chi connectivity index (χ1n) is 5.26. The van der Waals surface area contributed by atoms with E-state index in [4.69, 9.17) is 0 Å². The lowest BCUT2D eigenvalue weighted by Gasteiger charge is -1.90. The molecule has 0 nitrogen and oxygen atoms in total. The van der Waals surface area contributed by atoms with Gasteiger partial charge in [-0.3, -0.25) is 0 Å². The van der Waals surface area contributed by atoms with Crippen LogP contribution in [0.4, 0.5) is 0 Å². The van der Waals surface area contributed by atoms with E-state index in [1.165, 1.54) is 6.42 Å². The number of allylic oxidation sites excluding steroid dienone is 1. The molecule has 0 aliphatic carbocycles. The van der Waals surface area contributed by atoms with Crippen molar-refractivity contribution in [3.63, 3.8) is 0 Å². The van der Waals surface area contributed by atoms with Gasteiger partial charge in [0.2, 0.25) is 0 Å². The van der Waals surface area contributed by atoms with Crippen LogP contribution in [0.3, 0.4) is 0 Å². The Kier molecular flexibility index (Phi) is 85.4. The summed E-state index contributed by atoms with van der Waals surface area (Å²) in [6.07, 6.45) is 3.06. The van der Waals surface area contributed by atoms with Crippen molar-refractivity contribution in [1.29, 1.82) is 0 Å². The van der Waals surface area contributed by atoms with Gasteiger partial charge in [0.25, 0.3) is 0 Å². The van der Waals surface area contributed by atoms with E-state index in [2.05, 4.69) is 27.4 Å². The number of rotatable bonds is 1. The molecule has 0 unspecified atom stereocenters. The minimum Gasteiger partial charge on any atom is -0.103 e. The first kappa shape index (κ1) is 22.6. The Morgan fingerprint density at radius 3 is 1.17 bits per heavy atom. The maximum Gasteiger partial charge on any atom is -0.0473 e. The summed E-state index contributed by atoms with van der Waals surface area (Å²) in [5.74, 6) is 0.884. The Labute approximate surface area is 81.1 Å². The second-order valence-electron chi connectivity index (χ2n) is 2.21. The van der Waals surface area contributed by atoms with Gasteiger partial charge in [0, 0.05) is 0 Å². The van der Waals surface area contributed by atoms with Gasteiger partial charge < -0.3 is 0 Å². The monoisotopic (exact) mass is 174 g/mol. The zero-order valence-electron chi connectivity index (χ0n) is 10.6. The van der Waals surface area contributed by atoms with E-state index in [9.17, 15) is 0 Å². The molecule has 0 aliphatic rings. The van der Waals surface area contributed by atoms with Gasteiger partial charge in [-0.05, 0) is 12.8 Å². The Morgan fingerprint density at radius 1 is 1.08 bits per heavy atom. The van der Waals surface area contributed by atoms with Crippen LogP contribution in [0.25, 0.3) is 0 Å². The number of hydrogen-bond donors (Lipinski definition) is 0. The molecule has 0 amide bonds. The lowest BCUT2D eigenvalue weighted by atomic mass is 10.2. The molecule has 0 rings (SSSR count). The number of hydrogen-bond acceptors (Lipinski definition) is 0. The van der Waals surface area contributed by atoms with E-state index in [0.717, 1.165) is 5.92 Å². The molecular weight excluding hydrogens is 144 g/mol. The SMILES string of the molecule is C=CC.CC.CC.CCC(C)C. The van der Waals surface area contributed by atoms with Gasteiger partial charge in [-0.25, -0.2) is 0 Å². The maximum absolute atomic E-state index is 3.36. The molecule has 0 saturated carbocycles. The standard InChI is InChI=1S/C5H12.C3H6.2C2H6/c1-4-5(2)3;1-3-2;2*1-2/h5H,4H2,1-3H3;3H,1H2,2H3;2*1-2H3. The van der Waals surface area contributed by atoms with Gasteiger partial charge in [-0.15, -0.1) is 6.58 Å². The summed E-state index contributed by atoms with van der Waals surface area (Å²) in [5, 5.41) is 0. The van der Waals surface area contributed by atoms with E-state index in [0.29, 0.717) is 0 Å². The van der Waals surface area contributed by atoms with Gasteiger partial charge in [0.05, 0.1) is 0 Å². The third-order valence-corrected chi connectivity index (χ3v) is 0.816. The van der Waals surface area contributed by atoms with Crippen LogP contribution in [0.1, 0.15) is 61.8 Å². The second kappa shape index (κ2) is 45.3. The summed E-state index contributed by atoms with van der Waals surface area (Å²) in [7, 11) is 0. The fraction of sp³-hybridized carbons (Fsp3) is 0.833. The lowest BCUT2D eigenvalue weighted by molar-refractivity contribution is 0.626. The smallest absolute Gasteiger partial charge is 0.0473 e. The Bertz CT molecular complexity index is 35.3. The summed E-state index contributed by atoms with van der Waals surface area (Å²) in [5.41, 5.74) is 0. The molecule has 0 heterocycles. The molecule has 0 radical (unpaired) electrons. The minimum absolute atomic E-state index is 0.884. The highest BCUT2D eigenvalue weighted by Crippen LogP contribution is 1.93. The highest BCUT2D eigenvalue weighted by molar-refractivity contribution is 4.51. The first-order valence-corrected chi connectivity index (χ1v) is 5.26. The molecule has 0 aromatic heterocycles. The van der Waals surface area contributed by atoms with E-state index >= 15 is 0 Å². The van der Waals surface area contributed by atoms with Crippen LogP contribution in [0.15, 0.2) is 12.7 Å². The summed E-state index contributed by atoms with van der Waals surface area (Å²) < 4.78 is 0. The van der Waals surface area contributed by atoms with Crippen molar-refractivity contribution in [3.05, 3.63) is 12.7 Å². The minimum atomic E-state index is 0.884. The Hall–Kier alpha value is -0.260. The van der Waals surface area contributed by atoms with Crippen molar-refractivity contribution in [2.45, 2.75) is 61.8 Å². The van der Waals surface area contributed by atoms with Crippen molar-refractivity contribution in [2.75, 3.05) is 0 Å². The average Bonchev–Trinajstić information content (AvgIpc) is 2.13. The average molecular weight is 174 g/mol. The van der Waals surface area contributed by atoms with Crippen LogP contribution in [0, 0.1) is 5.92 Å². The van der Waals surface area contributed by atoms with Crippen molar-refractivity contribution in [1.82, 2.24) is 0 Å². The molecule has 0 spiro atoms. The third kappa shape index (κ3) is 246. The molecule has 0 N–H and O–H groups in total. The van der Waals surface area contributed by atoms with Gasteiger partial charge >= 0.3 is 0 Å². The van der Waals surface area contributed by atoms with Crippen molar-refractivity contribution >= 4 is 0 Å². The van der Waals surface area contributed by atoms with E-state index in [1.54, 1.807) is 6.08 Å². The summed E-state index contributed by atoms with van der Waals surface area (Å²) in [6, 6.07) is 0. The van der Waals surface area contributed by atoms with Crippen molar-refractivity contribution in [2.24, 2.45) is 5.92 Å². The molecule has 0 atom stereocenters. The Morgan fingerprint density at radius 2 is 1.17 bits per heavy atom.